The second-order valence-corrected chi connectivity index (χ2v) is 13.2. The van der Waals surface area contributed by atoms with Crippen LogP contribution in [0.5, 0.6) is 0 Å². The molecule has 0 spiro atoms. The van der Waals surface area contributed by atoms with Crippen LogP contribution in [-0.4, -0.2) is 35.6 Å². The Morgan fingerprint density at radius 3 is 1.57 bits per heavy atom. The van der Waals surface area contributed by atoms with Gasteiger partial charge in [0.1, 0.15) is 12.6 Å². The molecule has 0 aliphatic carbocycles. The standard InChI is InChI=1S/C45H73NO5/c1-3-5-7-9-11-12-13-14-15-16-17-18-19-20-21-22-23-24-25-26-28-30-36-40-45(50)51-42(37-33-29-27-10-8-6-4-2)38-34-31-32-35-39-43(47)46-41-44(48)49/h5,7,11-12,14-15,17-18,20-21,23-24,33,37,42H,3-4,6,8-10,13,16,19,22,25-32,34-36,38-41H2,1-2H3,(H,46,47)(H,48,49)/b7-5-,12-11-,15-14-,18-17-,21-20-,24-23-,37-33-. The quantitative estimate of drug-likeness (QED) is 0.0388. The molecule has 0 aromatic carbocycles. The van der Waals surface area contributed by atoms with E-state index in [0.29, 0.717) is 12.8 Å². The van der Waals surface area contributed by atoms with Gasteiger partial charge in [-0.05, 0) is 96.0 Å². The van der Waals surface area contributed by atoms with E-state index in [1.54, 1.807) is 0 Å². The third-order valence-corrected chi connectivity index (χ3v) is 8.29. The molecule has 0 aromatic rings. The minimum Gasteiger partial charge on any atom is -0.480 e. The summed E-state index contributed by atoms with van der Waals surface area (Å²) in [6, 6.07) is 0. The number of allylic oxidation sites excluding steroid dienone is 13. The third kappa shape index (κ3) is 39.2. The summed E-state index contributed by atoms with van der Waals surface area (Å²) in [6.07, 6.45) is 54.4. The summed E-state index contributed by atoms with van der Waals surface area (Å²) >= 11 is 0. The molecule has 0 heterocycles. The van der Waals surface area contributed by atoms with E-state index in [1.807, 2.05) is 0 Å². The maximum absolute atomic E-state index is 12.6. The molecule has 0 rings (SSSR count). The van der Waals surface area contributed by atoms with Crippen molar-refractivity contribution in [1.82, 2.24) is 5.32 Å². The fraction of sp³-hybridized carbons (Fsp3) is 0.622. The predicted molar refractivity (Wildman–Crippen MR) is 217 cm³/mol. The monoisotopic (exact) mass is 708 g/mol. The summed E-state index contributed by atoms with van der Waals surface area (Å²) in [7, 11) is 0. The van der Waals surface area contributed by atoms with Gasteiger partial charge in [0.15, 0.2) is 0 Å². The maximum atomic E-state index is 12.6. The summed E-state index contributed by atoms with van der Waals surface area (Å²) in [5.74, 6) is -1.37. The van der Waals surface area contributed by atoms with Gasteiger partial charge in [0.05, 0.1) is 0 Å². The smallest absolute Gasteiger partial charge is 0.322 e. The SMILES string of the molecule is CC/C=C\C/C=C\C/C=C\C/C=C\C/C=C\C/C=C\CCCCCCC(=O)OC(/C=C\CCCCCCC)CCCCCCC(=O)NCC(=O)O. The summed E-state index contributed by atoms with van der Waals surface area (Å²) in [4.78, 5) is 34.9. The number of rotatable bonds is 35. The van der Waals surface area contributed by atoms with Gasteiger partial charge in [-0.25, -0.2) is 0 Å². The summed E-state index contributed by atoms with van der Waals surface area (Å²) in [6.45, 7) is 4.05. The fourth-order valence-corrected chi connectivity index (χ4v) is 5.31. The molecular weight excluding hydrogens is 634 g/mol. The second kappa shape index (κ2) is 39.4. The largest absolute Gasteiger partial charge is 0.480 e. The molecule has 0 saturated heterocycles. The molecule has 0 aliphatic rings. The minimum atomic E-state index is -1.03. The number of hydrogen-bond donors (Lipinski definition) is 2. The number of ether oxygens (including phenoxy) is 1. The van der Waals surface area contributed by atoms with Gasteiger partial charge in [0.2, 0.25) is 5.91 Å². The Morgan fingerprint density at radius 1 is 0.549 bits per heavy atom. The average molecular weight is 708 g/mol. The van der Waals surface area contributed by atoms with Gasteiger partial charge in [-0.2, -0.15) is 0 Å². The van der Waals surface area contributed by atoms with Gasteiger partial charge >= 0.3 is 11.9 Å². The van der Waals surface area contributed by atoms with E-state index in [4.69, 9.17) is 9.84 Å². The normalized spacial score (nSPS) is 13.0. The van der Waals surface area contributed by atoms with E-state index in [9.17, 15) is 14.4 Å². The van der Waals surface area contributed by atoms with Gasteiger partial charge in [-0.1, -0.05) is 144 Å². The van der Waals surface area contributed by atoms with Crippen molar-refractivity contribution in [3.8, 4) is 0 Å². The molecule has 0 saturated carbocycles. The topological polar surface area (TPSA) is 92.7 Å². The van der Waals surface area contributed by atoms with Crippen LogP contribution in [-0.2, 0) is 19.1 Å². The molecule has 0 aromatic heterocycles. The molecule has 0 fully saturated rings. The van der Waals surface area contributed by atoms with Crippen LogP contribution in [0, 0.1) is 0 Å². The Bertz CT molecular complexity index is 1050. The zero-order chi connectivity index (χ0) is 37.3. The molecular formula is C45H73NO5. The minimum absolute atomic E-state index is 0.111. The highest BCUT2D eigenvalue weighted by molar-refractivity contribution is 5.80. The zero-order valence-corrected chi connectivity index (χ0v) is 32.4. The Kier molecular flexibility index (Phi) is 36.7. The number of esters is 1. The lowest BCUT2D eigenvalue weighted by atomic mass is 10.1. The Morgan fingerprint density at radius 2 is 1.02 bits per heavy atom. The van der Waals surface area contributed by atoms with Crippen LogP contribution >= 0.6 is 0 Å². The number of carboxylic acid groups (broad SMARTS) is 1. The van der Waals surface area contributed by atoms with Crippen molar-refractivity contribution in [3.05, 3.63) is 85.1 Å². The lowest BCUT2D eigenvalue weighted by Gasteiger charge is -2.15. The molecule has 1 unspecified atom stereocenters. The number of unbranched alkanes of at least 4 members (excludes halogenated alkanes) is 12. The Balaban J connectivity index is 4.10. The zero-order valence-electron chi connectivity index (χ0n) is 32.4. The number of carboxylic acids is 1. The summed E-state index contributed by atoms with van der Waals surface area (Å²) < 4.78 is 5.87. The van der Waals surface area contributed by atoms with Gasteiger partial charge in [-0.15, -0.1) is 0 Å². The number of nitrogens with one attached hydrogen (secondary N) is 1. The van der Waals surface area contributed by atoms with E-state index in [-0.39, 0.29) is 24.5 Å². The van der Waals surface area contributed by atoms with Crippen molar-refractivity contribution in [2.24, 2.45) is 0 Å². The first kappa shape index (κ1) is 47.6. The summed E-state index contributed by atoms with van der Waals surface area (Å²) in [5, 5.41) is 11.1. The average Bonchev–Trinajstić information content (AvgIpc) is 3.11. The van der Waals surface area contributed by atoms with Crippen LogP contribution in [0.2, 0.25) is 0 Å². The predicted octanol–water partition coefficient (Wildman–Crippen LogP) is 12.4. The number of carbonyl (C=O) groups is 3. The molecule has 0 aliphatic heterocycles. The van der Waals surface area contributed by atoms with Crippen LogP contribution in [0.3, 0.4) is 0 Å². The molecule has 288 valence electrons. The van der Waals surface area contributed by atoms with Crippen molar-refractivity contribution in [2.45, 2.75) is 174 Å². The van der Waals surface area contributed by atoms with Gasteiger partial charge in [0.25, 0.3) is 0 Å². The number of hydrogen-bond acceptors (Lipinski definition) is 4. The van der Waals surface area contributed by atoms with Crippen LogP contribution in [0.15, 0.2) is 85.1 Å². The van der Waals surface area contributed by atoms with Crippen molar-refractivity contribution < 1.29 is 24.2 Å². The van der Waals surface area contributed by atoms with Crippen LogP contribution in [0.1, 0.15) is 168 Å². The van der Waals surface area contributed by atoms with Gasteiger partial charge in [-0.3, -0.25) is 14.4 Å². The van der Waals surface area contributed by atoms with E-state index in [2.05, 4.69) is 104 Å². The molecule has 1 amide bonds. The highest BCUT2D eigenvalue weighted by atomic mass is 16.5. The summed E-state index contributed by atoms with van der Waals surface area (Å²) in [5.41, 5.74) is 0. The molecule has 1 atom stereocenters. The lowest BCUT2D eigenvalue weighted by Crippen LogP contribution is -2.28. The van der Waals surface area contributed by atoms with E-state index in [0.717, 1.165) is 109 Å². The van der Waals surface area contributed by atoms with E-state index < -0.39 is 5.97 Å². The number of amides is 1. The molecule has 6 heteroatoms. The highest BCUT2D eigenvalue weighted by Crippen LogP contribution is 2.15. The molecule has 6 nitrogen and oxygen atoms in total. The van der Waals surface area contributed by atoms with Gasteiger partial charge < -0.3 is 15.2 Å². The van der Waals surface area contributed by atoms with Crippen molar-refractivity contribution in [3.63, 3.8) is 0 Å². The molecule has 2 N–H and O–H groups in total. The van der Waals surface area contributed by atoms with Crippen molar-refractivity contribution in [2.75, 3.05) is 6.54 Å². The van der Waals surface area contributed by atoms with Crippen molar-refractivity contribution >= 4 is 17.8 Å². The second-order valence-electron chi connectivity index (χ2n) is 13.2. The number of carbonyl (C=O) groups excluding carboxylic acids is 2. The first-order valence-corrected chi connectivity index (χ1v) is 20.2. The van der Waals surface area contributed by atoms with E-state index >= 15 is 0 Å². The molecule has 0 bridgehead atoms. The maximum Gasteiger partial charge on any atom is 0.322 e. The van der Waals surface area contributed by atoms with Crippen molar-refractivity contribution in [1.29, 1.82) is 0 Å². The number of aliphatic carboxylic acids is 1. The fourth-order valence-electron chi connectivity index (χ4n) is 5.31. The first-order chi connectivity index (χ1) is 25.0. The first-order valence-electron chi connectivity index (χ1n) is 20.2. The molecule has 0 radical (unpaired) electrons. The lowest BCUT2D eigenvalue weighted by molar-refractivity contribution is -0.147. The molecule has 51 heavy (non-hydrogen) atoms. The Labute approximate surface area is 312 Å². The third-order valence-electron chi connectivity index (χ3n) is 8.29. The van der Waals surface area contributed by atoms with Gasteiger partial charge in [0, 0.05) is 12.8 Å². The van der Waals surface area contributed by atoms with E-state index in [1.165, 1.54) is 32.1 Å². The highest BCUT2D eigenvalue weighted by Gasteiger charge is 2.12. The Hall–Kier alpha value is -3.41. The van der Waals surface area contributed by atoms with Crippen LogP contribution in [0.25, 0.3) is 0 Å². The van der Waals surface area contributed by atoms with Crippen LogP contribution < -0.4 is 5.32 Å². The van der Waals surface area contributed by atoms with Crippen LogP contribution in [0.4, 0.5) is 0 Å².